The first-order valence-electron chi connectivity index (χ1n) is 2.32. The van der Waals surface area contributed by atoms with Gasteiger partial charge in [-0.25, -0.2) is 4.79 Å². The maximum atomic E-state index is 10.2. The van der Waals surface area contributed by atoms with Crippen molar-refractivity contribution >= 4 is 35.4 Å². The van der Waals surface area contributed by atoms with Crippen LogP contribution >= 0.6 is 24.4 Å². The van der Waals surface area contributed by atoms with Crippen molar-refractivity contribution in [2.45, 2.75) is 5.37 Å². The first kappa shape index (κ1) is 6.95. The molecule has 0 radical (unpaired) electrons. The molecule has 1 unspecified atom stereocenters. The topological polar surface area (TPSA) is 49.7 Å². The third-order valence-corrected chi connectivity index (χ3v) is 2.40. The van der Waals surface area contributed by atoms with E-state index in [0.717, 1.165) is 0 Å². The highest BCUT2D eigenvalue weighted by atomic mass is 32.2. The molecule has 0 amide bonds. The fourth-order valence-electron chi connectivity index (χ4n) is 0.480. The number of carbonyl (C=O) groups is 1. The monoisotopic (exact) mass is 163 g/mol. The van der Waals surface area contributed by atoms with Gasteiger partial charge in [0, 0.05) is 5.75 Å². The lowest BCUT2D eigenvalue weighted by Gasteiger charge is -1.86. The van der Waals surface area contributed by atoms with Gasteiger partial charge in [0.1, 0.15) is 5.37 Å². The van der Waals surface area contributed by atoms with E-state index in [2.05, 4.69) is 17.6 Å². The molecule has 1 aliphatic rings. The lowest BCUT2D eigenvalue weighted by Crippen LogP contribution is -2.05. The number of carboxylic acids is 1. The van der Waals surface area contributed by atoms with Crippen LogP contribution in [0.2, 0.25) is 0 Å². The van der Waals surface area contributed by atoms with E-state index in [1.54, 1.807) is 0 Å². The first-order chi connectivity index (χ1) is 4.20. The molecule has 0 saturated carbocycles. The predicted octanol–water partition coefficient (Wildman–Crippen LogP) is 0.472. The minimum atomic E-state index is -0.948. The summed E-state index contributed by atoms with van der Waals surface area (Å²) < 4.78 is 0. The summed E-state index contributed by atoms with van der Waals surface area (Å²) in [6, 6.07) is 0. The van der Waals surface area contributed by atoms with Crippen molar-refractivity contribution in [2.75, 3.05) is 5.75 Å². The first-order valence-corrected chi connectivity index (χ1v) is 3.82. The third kappa shape index (κ3) is 1.62. The highest BCUT2D eigenvalue weighted by Gasteiger charge is 2.19. The number of rotatable bonds is 1. The lowest BCUT2D eigenvalue weighted by molar-refractivity contribution is -0.129. The van der Waals surface area contributed by atoms with Crippen LogP contribution in [0.25, 0.3) is 0 Å². The second-order valence-electron chi connectivity index (χ2n) is 1.53. The highest BCUT2D eigenvalue weighted by molar-refractivity contribution is 8.16. The zero-order valence-corrected chi connectivity index (χ0v) is 6.15. The summed E-state index contributed by atoms with van der Waals surface area (Å²) >= 11 is 5.21. The van der Waals surface area contributed by atoms with Crippen molar-refractivity contribution in [3.05, 3.63) is 0 Å². The molecule has 0 aromatic carbocycles. The quantitative estimate of drug-likeness (QED) is 0.552. The van der Waals surface area contributed by atoms with E-state index < -0.39 is 5.97 Å². The molecule has 0 spiro atoms. The number of carboxylic acid groups (broad SMARTS) is 1. The number of thiol groups is 1. The van der Waals surface area contributed by atoms with E-state index in [1.807, 2.05) is 0 Å². The van der Waals surface area contributed by atoms with Gasteiger partial charge in [-0.2, -0.15) is 12.6 Å². The Morgan fingerprint density at radius 1 is 2.00 bits per heavy atom. The Bertz CT molecular complexity index is 168. The van der Waals surface area contributed by atoms with Crippen molar-refractivity contribution in [3.8, 4) is 0 Å². The van der Waals surface area contributed by atoms with Gasteiger partial charge < -0.3 is 5.11 Å². The van der Waals surface area contributed by atoms with Crippen molar-refractivity contribution < 1.29 is 9.90 Å². The van der Waals surface area contributed by atoms with E-state index in [-0.39, 0.29) is 10.4 Å². The summed E-state index contributed by atoms with van der Waals surface area (Å²) in [6.45, 7) is 0. The Labute approximate surface area is 62.0 Å². The zero-order valence-electron chi connectivity index (χ0n) is 4.44. The number of aliphatic carboxylic acids is 1. The molecule has 50 valence electrons. The Morgan fingerprint density at radius 2 is 2.67 bits per heavy atom. The fraction of sp³-hybridized carbons (Fsp3) is 0.500. The summed E-state index contributed by atoms with van der Waals surface area (Å²) in [6.07, 6.45) is 0. The van der Waals surface area contributed by atoms with Gasteiger partial charge in [0.25, 0.3) is 0 Å². The minimum absolute atomic E-state index is 0.124. The van der Waals surface area contributed by atoms with Gasteiger partial charge in [-0.15, -0.1) is 0 Å². The number of hydrogen-bond donors (Lipinski definition) is 2. The van der Waals surface area contributed by atoms with Gasteiger partial charge in [0.15, 0.2) is 5.04 Å². The number of hydrogen-bond acceptors (Lipinski definition) is 4. The average Bonchev–Trinajstić information content (AvgIpc) is 2.14. The molecule has 1 N–H and O–H groups in total. The van der Waals surface area contributed by atoms with Crippen LogP contribution in [-0.4, -0.2) is 27.2 Å². The van der Waals surface area contributed by atoms with E-state index >= 15 is 0 Å². The molecule has 0 aromatic rings. The van der Waals surface area contributed by atoms with E-state index in [1.165, 1.54) is 11.8 Å². The molecule has 3 nitrogen and oxygen atoms in total. The van der Waals surface area contributed by atoms with Crippen LogP contribution < -0.4 is 0 Å². The summed E-state index contributed by atoms with van der Waals surface area (Å²) in [5.41, 5.74) is 0. The maximum absolute atomic E-state index is 10.2. The molecule has 0 aliphatic carbocycles. The molecule has 1 heterocycles. The Kier molecular flexibility index (Phi) is 2.02. The van der Waals surface area contributed by atoms with Crippen LogP contribution in [0.3, 0.4) is 0 Å². The maximum Gasteiger partial charge on any atom is 0.360 e. The standard InChI is InChI=1S/C4H5NO2S2/c6-4(7)3-5-2(8)1-9-3/h2,8H,1H2,(H,6,7). The van der Waals surface area contributed by atoms with Crippen LogP contribution in [-0.2, 0) is 4.79 Å². The molecule has 0 saturated heterocycles. The minimum Gasteiger partial charge on any atom is -0.476 e. The van der Waals surface area contributed by atoms with Crippen molar-refractivity contribution in [3.63, 3.8) is 0 Å². The molecule has 0 aromatic heterocycles. The van der Waals surface area contributed by atoms with Crippen LogP contribution in [0.4, 0.5) is 0 Å². The molecule has 1 rings (SSSR count). The molecule has 9 heavy (non-hydrogen) atoms. The van der Waals surface area contributed by atoms with Crippen LogP contribution in [0.5, 0.6) is 0 Å². The molecular weight excluding hydrogens is 158 g/mol. The second-order valence-corrected chi connectivity index (χ2v) is 3.14. The number of aliphatic imine (C=N–C) groups is 1. The van der Waals surface area contributed by atoms with Gasteiger partial charge in [0.2, 0.25) is 0 Å². The second kappa shape index (κ2) is 2.62. The molecule has 1 atom stereocenters. The Morgan fingerprint density at radius 3 is 2.89 bits per heavy atom. The smallest absolute Gasteiger partial charge is 0.360 e. The number of nitrogens with zero attached hydrogens (tertiary/aromatic N) is 1. The summed E-state index contributed by atoms with van der Waals surface area (Å²) in [7, 11) is 0. The van der Waals surface area contributed by atoms with Crippen molar-refractivity contribution in [1.82, 2.24) is 0 Å². The average molecular weight is 163 g/mol. The molecule has 0 bridgehead atoms. The molecule has 5 heteroatoms. The van der Waals surface area contributed by atoms with E-state index in [4.69, 9.17) is 5.11 Å². The van der Waals surface area contributed by atoms with Gasteiger partial charge in [-0.05, 0) is 0 Å². The van der Waals surface area contributed by atoms with Gasteiger partial charge in [-0.1, -0.05) is 11.8 Å². The Balaban J connectivity index is 2.62. The summed E-state index contributed by atoms with van der Waals surface area (Å²) in [4.78, 5) is 13.9. The normalized spacial score (nSPS) is 25.9. The van der Waals surface area contributed by atoms with Gasteiger partial charge in [0.05, 0.1) is 0 Å². The molecular formula is C4H5NO2S2. The Hall–Kier alpha value is -0.160. The number of thioether (sulfide) groups is 1. The molecule has 1 aliphatic heterocycles. The summed E-state index contributed by atoms with van der Waals surface area (Å²) in [5, 5.41) is 8.40. The third-order valence-electron chi connectivity index (χ3n) is 0.818. The highest BCUT2D eigenvalue weighted by Crippen LogP contribution is 2.19. The van der Waals surface area contributed by atoms with Crippen LogP contribution in [0, 0.1) is 0 Å². The van der Waals surface area contributed by atoms with Crippen LogP contribution in [0.1, 0.15) is 0 Å². The van der Waals surface area contributed by atoms with Crippen molar-refractivity contribution in [2.24, 2.45) is 4.99 Å². The van der Waals surface area contributed by atoms with Gasteiger partial charge in [-0.3, -0.25) is 4.99 Å². The van der Waals surface area contributed by atoms with E-state index in [9.17, 15) is 4.79 Å². The predicted molar refractivity (Wildman–Crippen MR) is 40.3 cm³/mol. The zero-order chi connectivity index (χ0) is 6.85. The lowest BCUT2D eigenvalue weighted by atomic mass is 10.7. The van der Waals surface area contributed by atoms with Crippen LogP contribution in [0.15, 0.2) is 4.99 Å². The SMILES string of the molecule is O=C(O)C1=NC(S)CS1. The molecule has 0 fully saturated rings. The summed E-state index contributed by atoms with van der Waals surface area (Å²) in [5.74, 6) is -0.276. The largest absolute Gasteiger partial charge is 0.476 e. The van der Waals surface area contributed by atoms with Crippen molar-refractivity contribution in [1.29, 1.82) is 0 Å². The van der Waals surface area contributed by atoms with E-state index in [0.29, 0.717) is 5.75 Å². The fourth-order valence-corrected chi connectivity index (χ4v) is 1.60. The van der Waals surface area contributed by atoms with Gasteiger partial charge >= 0.3 is 5.97 Å².